The molecule has 3 fully saturated rings. The fraction of sp³-hybridized carbons (Fsp3) is 0.500. The predicted molar refractivity (Wildman–Crippen MR) is 172 cm³/mol. The van der Waals surface area contributed by atoms with Crippen LogP contribution < -0.4 is 25.6 Å². The van der Waals surface area contributed by atoms with Crippen LogP contribution in [0.25, 0.3) is 0 Å². The molecular weight excluding hydrogens is 593 g/mol. The Balaban J connectivity index is 1.03. The van der Waals surface area contributed by atoms with Crippen LogP contribution in [0.1, 0.15) is 23.7 Å². The molecule has 4 aliphatic heterocycles. The van der Waals surface area contributed by atoms with Gasteiger partial charge in [0.15, 0.2) is 12.3 Å². The van der Waals surface area contributed by atoms with Gasteiger partial charge in [-0.3, -0.25) is 4.90 Å². The van der Waals surface area contributed by atoms with E-state index in [0.29, 0.717) is 43.7 Å². The van der Waals surface area contributed by atoms with Crippen molar-refractivity contribution in [1.82, 2.24) is 20.4 Å². The number of halogens is 1. The molecule has 0 aliphatic carbocycles. The van der Waals surface area contributed by atoms with E-state index < -0.39 is 18.4 Å². The molecule has 1 unspecified atom stereocenters. The van der Waals surface area contributed by atoms with Gasteiger partial charge in [0.05, 0.1) is 44.3 Å². The minimum absolute atomic E-state index is 0.0893. The zero-order valence-electron chi connectivity index (χ0n) is 25.9. The number of carbonyl (C=O) groups excluding carboxylic acids is 1. The van der Waals surface area contributed by atoms with Crippen molar-refractivity contribution in [2.24, 2.45) is 9.98 Å². The predicted octanol–water partition coefficient (Wildman–Crippen LogP) is 2.32. The average Bonchev–Trinajstić information content (AvgIpc) is 3.06. The Labute approximate surface area is 268 Å². The summed E-state index contributed by atoms with van der Waals surface area (Å²) in [6, 6.07) is 15.8. The first kappa shape index (κ1) is 31.5. The van der Waals surface area contributed by atoms with Crippen LogP contribution in [-0.2, 0) is 9.47 Å². The topological polar surface area (TPSA) is 139 Å². The van der Waals surface area contributed by atoms with Crippen molar-refractivity contribution < 1.29 is 23.4 Å². The summed E-state index contributed by atoms with van der Waals surface area (Å²) in [5, 5.41) is 18.9. The first-order valence-corrected chi connectivity index (χ1v) is 15.7. The summed E-state index contributed by atoms with van der Waals surface area (Å²) < 4.78 is 31.2. The smallest absolute Gasteiger partial charge is 0.317 e. The molecular formula is C32H40FN9O4. The number of anilines is 2. The fourth-order valence-electron chi connectivity index (χ4n) is 5.90. The second kappa shape index (κ2) is 14.8. The lowest BCUT2D eigenvalue weighted by Crippen LogP contribution is -2.56. The molecule has 2 aromatic rings. The monoisotopic (exact) mass is 633 g/mol. The van der Waals surface area contributed by atoms with Crippen molar-refractivity contribution in [3.63, 3.8) is 0 Å². The zero-order valence-corrected chi connectivity index (χ0v) is 25.9. The maximum atomic E-state index is 15.0. The maximum absolute atomic E-state index is 15.0. The molecule has 0 saturated carbocycles. The second-order valence-electron chi connectivity index (χ2n) is 11.7. The van der Waals surface area contributed by atoms with E-state index in [1.807, 2.05) is 12.1 Å². The lowest BCUT2D eigenvalue weighted by Gasteiger charge is -2.43. The number of nitrogens with one attached hydrogen (secondary N) is 3. The molecule has 2 amide bonds. The molecule has 14 heteroatoms. The van der Waals surface area contributed by atoms with Crippen molar-refractivity contribution in [1.29, 1.82) is 5.26 Å². The molecule has 0 radical (unpaired) electrons. The molecule has 2 aromatic carbocycles. The molecule has 244 valence electrons. The summed E-state index contributed by atoms with van der Waals surface area (Å²) in [6.07, 6.45) is -0.866. The van der Waals surface area contributed by atoms with Crippen molar-refractivity contribution in [2.45, 2.75) is 30.9 Å². The van der Waals surface area contributed by atoms with Gasteiger partial charge in [-0.15, -0.1) is 0 Å². The van der Waals surface area contributed by atoms with E-state index in [1.54, 1.807) is 31.6 Å². The highest BCUT2D eigenvalue weighted by Gasteiger charge is 2.34. The minimum atomic E-state index is -1.40. The standard InChI is InChI=1S/C32H40FN9O4/c1-44-15-9-35-32(43)42-10-8-29(27(33)18-42)46-28-7-2-22(16-23(28)17-34)30-36-21-37-31(39-30)38-24-3-5-25(6-4-24)40-11-13-41(14-12-40)26-19-45-20-26/h2-7,16,21,26-27,29-30H,8-15,18-20H2,1H3,(H,35,43)(H2,36,37,38,39)/t27-,29+,30?/m1/s1. The van der Waals surface area contributed by atoms with Crippen molar-refractivity contribution in [3.8, 4) is 11.8 Å². The van der Waals surface area contributed by atoms with E-state index in [0.717, 1.165) is 45.1 Å². The zero-order chi connectivity index (χ0) is 31.9. The number of nitriles is 1. The number of piperidine rings is 1. The van der Waals surface area contributed by atoms with Crippen LogP contribution in [0, 0.1) is 11.3 Å². The fourth-order valence-corrected chi connectivity index (χ4v) is 5.90. The number of ether oxygens (including phenoxy) is 3. The number of methoxy groups -OCH3 is 1. The number of piperazine rings is 1. The van der Waals surface area contributed by atoms with Gasteiger partial charge >= 0.3 is 6.03 Å². The number of rotatable bonds is 9. The van der Waals surface area contributed by atoms with Crippen LogP contribution in [0.4, 0.5) is 20.6 Å². The quantitative estimate of drug-likeness (QED) is 0.355. The average molecular weight is 634 g/mol. The van der Waals surface area contributed by atoms with Crippen molar-refractivity contribution in [2.75, 3.05) is 83.0 Å². The van der Waals surface area contributed by atoms with Gasteiger partial charge in [0, 0.05) is 64.2 Å². The molecule has 0 aromatic heterocycles. The first-order valence-electron chi connectivity index (χ1n) is 15.7. The maximum Gasteiger partial charge on any atom is 0.317 e. The number of guanidine groups is 1. The molecule has 0 spiro atoms. The minimum Gasteiger partial charge on any atom is -0.486 e. The molecule has 4 heterocycles. The van der Waals surface area contributed by atoms with E-state index in [2.05, 4.69) is 48.9 Å². The molecule has 3 atom stereocenters. The molecule has 0 bridgehead atoms. The number of hydrogen-bond acceptors (Lipinski definition) is 11. The Morgan fingerprint density at radius 1 is 1.15 bits per heavy atom. The third kappa shape index (κ3) is 7.50. The SMILES string of the molecule is COCCNC(=O)N1CC[C@H](Oc2ccc(C3N=CNC(Nc4ccc(N5CCN(C6COC6)CC5)cc4)=N3)cc2C#N)[C@H](F)C1. The Morgan fingerprint density at radius 2 is 1.96 bits per heavy atom. The van der Waals surface area contributed by atoms with E-state index in [-0.39, 0.29) is 23.9 Å². The number of nitrogens with zero attached hydrogens (tertiary/aromatic N) is 6. The molecule has 3 saturated heterocycles. The summed E-state index contributed by atoms with van der Waals surface area (Å²) in [6.45, 7) is 6.76. The molecule has 4 aliphatic rings. The van der Waals surface area contributed by atoms with E-state index >= 15 is 4.39 Å². The summed E-state index contributed by atoms with van der Waals surface area (Å²) in [5.74, 6) is 0.817. The summed E-state index contributed by atoms with van der Waals surface area (Å²) >= 11 is 0. The summed E-state index contributed by atoms with van der Waals surface area (Å²) in [4.78, 5) is 27.7. The highest BCUT2D eigenvalue weighted by molar-refractivity contribution is 6.01. The lowest BCUT2D eigenvalue weighted by molar-refractivity contribution is -0.0660. The molecule has 46 heavy (non-hydrogen) atoms. The van der Waals surface area contributed by atoms with Gasteiger partial charge in [-0.25, -0.2) is 19.2 Å². The first-order chi connectivity index (χ1) is 22.5. The van der Waals surface area contributed by atoms with Crippen LogP contribution in [0.5, 0.6) is 5.75 Å². The van der Waals surface area contributed by atoms with E-state index in [4.69, 9.17) is 19.2 Å². The second-order valence-corrected chi connectivity index (χ2v) is 11.7. The number of aliphatic imine (C=N–C) groups is 2. The van der Waals surface area contributed by atoms with Crippen molar-refractivity contribution >= 4 is 29.7 Å². The normalized spacial score (nSPS) is 23.5. The Bertz CT molecular complexity index is 1450. The number of likely N-dealkylation sites (tertiary alicyclic amines) is 1. The third-order valence-corrected chi connectivity index (χ3v) is 8.67. The van der Waals surface area contributed by atoms with Gasteiger partial charge in [0.2, 0.25) is 5.96 Å². The number of carbonyl (C=O) groups is 1. The van der Waals surface area contributed by atoms with Gasteiger partial charge in [0.25, 0.3) is 0 Å². The van der Waals surface area contributed by atoms with Crippen LogP contribution >= 0.6 is 0 Å². The Kier molecular flexibility index (Phi) is 10.1. The van der Waals surface area contributed by atoms with Gasteiger partial charge in [-0.2, -0.15) is 5.26 Å². The van der Waals surface area contributed by atoms with Gasteiger partial charge in [-0.1, -0.05) is 6.07 Å². The van der Waals surface area contributed by atoms with Gasteiger partial charge < -0.3 is 40.0 Å². The van der Waals surface area contributed by atoms with Crippen molar-refractivity contribution in [3.05, 3.63) is 53.6 Å². The number of benzene rings is 2. The van der Waals surface area contributed by atoms with Crippen LogP contribution in [0.2, 0.25) is 0 Å². The van der Waals surface area contributed by atoms with Crippen LogP contribution in [-0.4, -0.2) is 119 Å². The van der Waals surface area contributed by atoms with Gasteiger partial charge in [-0.05, 0) is 42.0 Å². The highest BCUT2D eigenvalue weighted by Crippen LogP contribution is 2.30. The lowest BCUT2D eigenvalue weighted by atomic mass is 10.0. The van der Waals surface area contributed by atoms with Crippen LogP contribution in [0.15, 0.2) is 52.4 Å². The largest absolute Gasteiger partial charge is 0.486 e. The number of hydrogen-bond donors (Lipinski definition) is 3. The highest BCUT2D eigenvalue weighted by atomic mass is 19.1. The van der Waals surface area contributed by atoms with E-state index in [1.165, 1.54) is 10.6 Å². The number of alkyl halides is 1. The molecule has 3 N–H and O–H groups in total. The Morgan fingerprint density at radius 3 is 2.65 bits per heavy atom. The number of amides is 2. The molecule has 13 nitrogen and oxygen atoms in total. The van der Waals surface area contributed by atoms with E-state index in [9.17, 15) is 10.1 Å². The van der Waals surface area contributed by atoms with Gasteiger partial charge in [0.1, 0.15) is 17.9 Å². The Hall–Kier alpha value is -4.45. The molecule has 6 rings (SSSR count). The summed E-state index contributed by atoms with van der Waals surface area (Å²) in [5.41, 5.74) is 3.03. The third-order valence-electron chi connectivity index (χ3n) is 8.67. The summed E-state index contributed by atoms with van der Waals surface area (Å²) in [7, 11) is 1.55. The van der Waals surface area contributed by atoms with Crippen LogP contribution in [0.3, 0.4) is 0 Å². The number of urea groups is 1.